The third-order valence-electron chi connectivity index (χ3n) is 3.04. The molecule has 0 spiro atoms. The van der Waals surface area contributed by atoms with Crippen molar-refractivity contribution in [2.24, 2.45) is 10.4 Å². The van der Waals surface area contributed by atoms with Crippen molar-refractivity contribution in [3.63, 3.8) is 0 Å². The maximum Gasteiger partial charge on any atom is 0.334 e. The van der Waals surface area contributed by atoms with E-state index in [0.29, 0.717) is 17.4 Å². The van der Waals surface area contributed by atoms with Gasteiger partial charge in [0.2, 0.25) is 0 Å². The number of carbonyl (C=O) groups is 1. The molecule has 0 aromatic carbocycles. The van der Waals surface area contributed by atoms with E-state index < -0.39 is 6.04 Å². The van der Waals surface area contributed by atoms with Crippen molar-refractivity contribution in [2.75, 3.05) is 13.2 Å². The summed E-state index contributed by atoms with van der Waals surface area (Å²) >= 11 is 6.22. The molecule has 0 radical (unpaired) electrons. The summed E-state index contributed by atoms with van der Waals surface area (Å²) in [4.78, 5) is 16.1. The molecule has 1 unspecified atom stereocenters. The molecule has 0 aromatic rings. The van der Waals surface area contributed by atoms with Gasteiger partial charge in [-0.15, -0.1) is 0 Å². The first-order chi connectivity index (χ1) is 8.43. The van der Waals surface area contributed by atoms with E-state index in [1.54, 1.807) is 6.92 Å². The fourth-order valence-corrected chi connectivity index (χ4v) is 2.79. The topological polar surface area (TPSA) is 47.9 Å². The lowest BCUT2D eigenvalue weighted by atomic mass is 9.79. The molecular formula is C13H18ClNO3. The van der Waals surface area contributed by atoms with Crippen LogP contribution in [-0.4, -0.2) is 30.9 Å². The molecule has 0 N–H and O–H groups in total. The lowest BCUT2D eigenvalue weighted by Gasteiger charge is -2.34. The lowest BCUT2D eigenvalue weighted by molar-refractivity contribution is -0.145. The largest absolute Gasteiger partial charge is 0.488 e. The van der Waals surface area contributed by atoms with E-state index in [0.717, 1.165) is 18.6 Å². The number of nitrogens with zero attached hydrogens (tertiary/aromatic N) is 1. The third kappa shape index (κ3) is 2.69. The Morgan fingerprint density at radius 2 is 2.28 bits per heavy atom. The summed E-state index contributed by atoms with van der Waals surface area (Å²) in [5, 5.41) is 0.701. The zero-order chi connectivity index (χ0) is 13.3. The van der Waals surface area contributed by atoms with Crippen LogP contribution in [-0.2, 0) is 14.3 Å². The average Bonchev–Trinajstić information content (AvgIpc) is 2.26. The molecule has 0 amide bonds. The van der Waals surface area contributed by atoms with Crippen LogP contribution in [0.2, 0.25) is 0 Å². The van der Waals surface area contributed by atoms with Crippen LogP contribution in [0.3, 0.4) is 0 Å². The van der Waals surface area contributed by atoms with Gasteiger partial charge in [-0.3, -0.25) is 4.99 Å². The molecule has 0 aromatic heterocycles. The van der Waals surface area contributed by atoms with E-state index in [1.165, 1.54) is 0 Å². The Labute approximate surface area is 112 Å². The smallest absolute Gasteiger partial charge is 0.334 e. The molecule has 5 heteroatoms. The highest BCUT2D eigenvalue weighted by Gasteiger charge is 2.36. The number of hydrogen-bond acceptors (Lipinski definition) is 4. The van der Waals surface area contributed by atoms with Gasteiger partial charge in [0, 0.05) is 0 Å². The van der Waals surface area contributed by atoms with Crippen molar-refractivity contribution in [1.82, 2.24) is 0 Å². The Bertz CT molecular complexity index is 426. The minimum atomic E-state index is -0.554. The number of ether oxygens (including phenoxy) is 2. The molecule has 0 saturated carbocycles. The molecule has 1 atom stereocenters. The zero-order valence-electron chi connectivity index (χ0n) is 11.0. The molecule has 2 aliphatic rings. The van der Waals surface area contributed by atoms with Crippen molar-refractivity contribution < 1.29 is 14.3 Å². The van der Waals surface area contributed by atoms with Crippen molar-refractivity contribution >= 4 is 23.3 Å². The fraction of sp³-hybridized carbons (Fsp3) is 0.692. The highest BCUT2D eigenvalue weighted by molar-refractivity contribution is 6.32. The van der Waals surface area contributed by atoms with Crippen molar-refractivity contribution in [2.45, 2.75) is 39.7 Å². The Morgan fingerprint density at radius 3 is 2.94 bits per heavy atom. The number of rotatable bonds is 2. The molecule has 2 rings (SSSR count). The first-order valence-electron chi connectivity index (χ1n) is 6.18. The zero-order valence-corrected chi connectivity index (χ0v) is 11.7. The Hall–Kier alpha value is -1.03. The summed E-state index contributed by atoms with van der Waals surface area (Å²) in [6.45, 7) is 6.61. The molecular weight excluding hydrogens is 254 g/mol. The number of carbonyl (C=O) groups excluding carboxylic acids is 1. The molecule has 0 saturated heterocycles. The van der Waals surface area contributed by atoms with Crippen molar-refractivity contribution in [3.8, 4) is 0 Å². The van der Waals surface area contributed by atoms with Crippen molar-refractivity contribution in [3.05, 3.63) is 10.8 Å². The van der Waals surface area contributed by atoms with Gasteiger partial charge in [-0.05, 0) is 25.2 Å². The highest BCUT2D eigenvalue weighted by Crippen LogP contribution is 2.40. The number of fused-ring (bicyclic) bond motifs is 1. The summed E-state index contributed by atoms with van der Waals surface area (Å²) < 4.78 is 10.5. The van der Waals surface area contributed by atoms with Crippen LogP contribution < -0.4 is 0 Å². The third-order valence-corrected chi connectivity index (χ3v) is 3.35. The number of hydrogen-bond donors (Lipinski definition) is 0. The lowest BCUT2D eigenvalue weighted by Crippen LogP contribution is -2.36. The quantitative estimate of drug-likeness (QED) is 0.726. The molecule has 0 fully saturated rings. The molecule has 1 heterocycles. The second-order valence-electron chi connectivity index (χ2n) is 5.41. The number of allylic oxidation sites excluding steroid dienone is 2. The highest BCUT2D eigenvalue weighted by atomic mass is 35.5. The molecule has 1 aliphatic heterocycles. The SMILES string of the molecule is CCOC(=O)C1COC2=C(Cl)CC(C)(C)CC2=N1. The fourth-order valence-electron chi connectivity index (χ4n) is 2.27. The van der Waals surface area contributed by atoms with E-state index in [9.17, 15) is 4.79 Å². The van der Waals surface area contributed by atoms with Gasteiger partial charge < -0.3 is 9.47 Å². The second-order valence-corrected chi connectivity index (χ2v) is 5.86. The van der Waals surface area contributed by atoms with Crippen LogP contribution in [0.25, 0.3) is 0 Å². The van der Waals surface area contributed by atoms with E-state index in [-0.39, 0.29) is 18.0 Å². The van der Waals surface area contributed by atoms with Crippen LogP contribution in [0.15, 0.2) is 15.8 Å². The minimum Gasteiger partial charge on any atom is -0.488 e. The van der Waals surface area contributed by atoms with Crippen LogP contribution in [0, 0.1) is 5.41 Å². The standard InChI is InChI=1S/C13H18ClNO3/c1-4-17-12(16)10-7-18-11-8(14)5-13(2,3)6-9(11)15-10/h10H,4-7H2,1-3H3. The molecule has 1 aliphatic carbocycles. The van der Waals surface area contributed by atoms with Gasteiger partial charge >= 0.3 is 5.97 Å². The second kappa shape index (κ2) is 4.92. The van der Waals surface area contributed by atoms with Crippen LogP contribution >= 0.6 is 11.6 Å². The van der Waals surface area contributed by atoms with Gasteiger partial charge in [-0.1, -0.05) is 25.4 Å². The average molecular weight is 272 g/mol. The minimum absolute atomic E-state index is 0.0549. The van der Waals surface area contributed by atoms with Gasteiger partial charge in [-0.2, -0.15) is 0 Å². The summed E-state index contributed by atoms with van der Waals surface area (Å²) in [5.74, 6) is 0.333. The molecule has 4 nitrogen and oxygen atoms in total. The van der Waals surface area contributed by atoms with Gasteiger partial charge in [-0.25, -0.2) is 4.79 Å². The number of aliphatic imine (C=N–C) groups is 1. The van der Waals surface area contributed by atoms with E-state index in [2.05, 4.69) is 18.8 Å². The van der Waals surface area contributed by atoms with Crippen LogP contribution in [0.4, 0.5) is 0 Å². The Balaban J connectivity index is 2.24. The van der Waals surface area contributed by atoms with Gasteiger partial charge in [0.1, 0.15) is 6.61 Å². The normalized spacial score (nSPS) is 26.0. The molecule has 0 bridgehead atoms. The molecule has 18 heavy (non-hydrogen) atoms. The summed E-state index contributed by atoms with van der Waals surface area (Å²) in [6, 6.07) is -0.554. The first-order valence-corrected chi connectivity index (χ1v) is 6.56. The Morgan fingerprint density at radius 1 is 1.56 bits per heavy atom. The summed E-state index contributed by atoms with van der Waals surface area (Å²) in [6.07, 6.45) is 1.56. The van der Waals surface area contributed by atoms with E-state index >= 15 is 0 Å². The first kappa shape index (κ1) is 13.4. The van der Waals surface area contributed by atoms with Crippen LogP contribution in [0.5, 0.6) is 0 Å². The number of esters is 1. The van der Waals surface area contributed by atoms with Crippen molar-refractivity contribution in [1.29, 1.82) is 0 Å². The van der Waals surface area contributed by atoms with Gasteiger partial charge in [0.25, 0.3) is 0 Å². The number of halogens is 1. The molecule has 100 valence electrons. The van der Waals surface area contributed by atoms with E-state index in [4.69, 9.17) is 21.1 Å². The van der Waals surface area contributed by atoms with E-state index in [1.807, 2.05) is 0 Å². The predicted octanol–water partition coefficient (Wildman–Crippen LogP) is 2.66. The summed E-state index contributed by atoms with van der Waals surface area (Å²) in [7, 11) is 0. The summed E-state index contributed by atoms with van der Waals surface area (Å²) in [5.41, 5.74) is 0.847. The Kier molecular flexibility index (Phi) is 3.66. The van der Waals surface area contributed by atoms with Gasteiger partial charge in [0.05, 0.1) is 17.4 Å². The predicted molar refractivity (Wildman–Crippen MR) is 69.7 cm³/mol. The van der Waals surface area contributed by atoms with Gasteiger partial charge in [0.15, 0.2) is 11.8 Å². The maximum absolute atomic E-state index is 11.7. The monoisotopic (exact) mass is 271 g/mol. The van der Waals surface area contributed by atoms with Crippen LogP contribution in [0.1, 0.15) is 33.6 Å². The maximum atomic E-state index is 11.7.